The zero-order valence-electron chi connectivity index (χ0n) is 11.4. The van der Waals surface area contributed by atoms with E-state index in [0.717, 1.165) is 5.69 Å². The minimum absolute atomic E-state index is 0.229. The van der Waals surface area contributed by atoms with E-state index >= 15 is 0 Å². The van der Waals surface area contributed by atoms with Crippen LogP contribution in [0.1, 0.15) is 37.9 Å². The van der Waals surface area contributed by atoms with Gasteiger partial charge in [-0.1, -0.05) is 6.07 Å². The molecule has 0 bridgehead atoms. The smallest absolute Gasteiger partial charge is 0.410 e. The molecule has 1 saturated heterocycles. The predicted molar refractivity (Wildman–Crippen MR) is 69.5 cm³/mol. The Balaban J connectivity index is 1.91. The maximum absolute atomic E-state index is 11.8. The lowest BCUT2D eigenvalue weighted by Gasteiger charge is -2.39. The van der Waals surface area contributed by atoms with Crippen molar-refractivity contribution in [3.05, 3.63) is 29.6 Å². The summed E-state index contributed by atoms with van der Waals surface area (Å²) >= 11 is 0. The van der Waals surface area contributed by atoms with E-state index < -0.39 is 5.60 Å². The summed E-state index contributed by atoms with van der Waals surface area (Å²) in [4.78, 5) is 17.9. The third-order valence-corrected chi connectivity index (χ3v) is 2.97. The van der Waals surface area contributed by atoms with Crippen LogP contribution in [0.2, 0.25) is 0 Å². The van der Waals surface area contributed by atoms with E-state index in [1.54, 1.807) is 11.1 Å². The summed E-state index contributed by atoms with van der Waals surface area (Å²) in [6, 6.07) is 3.99. The van der Waals surface area contributed by atoms with E-state index in [4.69, 9.17) is 4.74 Å². The van der Waals surface area contributed by atoms with Crippen molar-refractivity contribution < 1.29 is 9.53 Å². The molecule has 1 aliphatic heterocycles. The first kappa shape index (κ1) is 12.9. The van der Waals surface area contributed by atoms with Gasteiger partial charge in [0.25, 0.3) is 0 Å². The van der Waals surface area contributed by atoms with Crippen LogP contribution in [0.25, 0.3) is 0 Å². The van der Waals surface area contributed by atoms with E-state index in [2.05, 4.69) is 18.0 Å². The normalized spacial score (nSPS) is 16.3. The van der Waals surface area contributed by atoms with Crippen molar-refractivity contribution in [1.82, 2.24) is 9.88 Å². The van der Waals surface area contributed by atoms with Gasteiger partial charge in [-0.25, -0.2) is 4.79 Å². The second kappa shape index (κ2) is 4.59. The van der Waals surface area contributed by atoms with Crippen LogP contribution in [0.4, 0.5) is 4.79 Å². The molecule has 2 rings (SSSR count). The van der Waals surface area contributed by atoms with Gasteiger partial charge in [0.15, 0.2) is 0 Å². The quantitative estimate of drug-likeness (QED) is 0.767. The van der Waals surface area contributed by atoms with Crippen LogP contribution in [0.15, 0.2) is 18.3 Å². The number of likely N-dealkylation sites (tertiary alicyclic amines) is 1. The molecule has 1 amide bonds. The third kappa shape index (κ3) is 2.81. The number of aromatic nitrogens is 1. The van der Waals surface area contributed by atoms with Crippen LogP contribution in [-0.4, -0.2) is 34.7 Å². The maximum atomic E-state index is 11.8. The molecule has 18 heavy (non-hydrogen) atoms. The Labute approximate surface area is 108 Å². The fourth-order valence-electron chi connectivity index (χ4n) is 2.05. The lowest BCUT2D eigenvalue weighted by molar-refractivity contribution is 0.00781. The minimum atomic E-state index is -0.427. The maximum Gasteiger partial charge on any atom is 0.410 e. The molecule has 4 heteroatoms. The molecule has 0 saturated carbocycles. The van der Waals surface area contributed by atoms with E-state index in [1.165, 1.54) is 5.56 Å². The Morgan fingerprint density at radius 3 is 2.67 bits per heavy atom. The van der Waals surface area contributed by atoms with Crippen LogP contribution in [-0.2, 0) is 4.74 Å². The highest BCUT2D eigenvalue weighted by Gasteiger charge is 2.35. The Kier molecular flexibility index (Phi) is 3.28. The molecule has 98 valence electrons. The van der Waals surface area contributed by atoms with Crippen molar-refractivity contribution in [2.75, 3.05) is 13.1 Å². The third-order valence-electron chi connectivity index (χ3n) is 2.97. The highest BCUT2D eigenvalue weighted by atomic mass is 16.6. The van der Waals surface area contributed by atoms with Gasteiger partial charge in [-0.3, -0.25) is 4.98 Å². The lowest BCUT2D eigenvalue weighted by atomic mass is 9.93. The minimum Gasteiger partial charge on any atom is -0.444 e. The molecule has 1 fully saturated rings. The molecule has 0 spiro atoms. The number of carbonyl (C=O) groups excluding carboxylic acids is 1. The molecule has 1 aromatic rings. The van der Waals surface area contributed by atoms with Crippen LogP contribution in [0, 0.1) is 6.92 Å². The average molecular weight is 248 g/mol. The van der Waals surface area contributed by atoms with Gasteiger partial charge in [0.1, 0.15) is 5.60 Å². The zero-order chi connectivity index (χ0) is 13.3. The molecular weight excluding hydrogens is 228 g/mol. The SMILES string of the molecule is Cc1cccnc1C1CN(C(=O)OC(C)(C)C)C1. The van der Waals surface area contributed by atoms with Gasteiger partial charge in [0.05, 0.1) is 0 Å². The monoisotopic (exact) mass is 248 g/mol. The van der Waals surface area contributed by atoms with Gasteiger partial charge in [0, 0.05) is 30.9 Å². The van der Waals surface area contributed by atoms with Gasteiger partial charge in [0.2, 0.25) is 0 Å². The number of rotatable bonds is 1. The van der Waals surface area contributed by atoms with Crippen molar-refractivity contribution in [3.63, 3.8) is 0 Å². The number of hydrogen-bond acceptors (Lipinski definition) is 3. The molecule has 0 aliphatic carbocycles. The Morgan fingerprint density at radius 2 is 2.11 bits per heavy atom. The van der Waals surface area contributed by atoms with Gasteiger partial charge < -0.3 is 9.64 Å². The van der Waals surface area contributed by atoms with Crippen molar-refractivity contribution >= 4 is 6.09 Å². The Bertz CT molecular complexity index is 445. The Hall–Kier alpha value is -1.58. The molecule has 1 aliphatic rings. The first-order valence-corrected chi connectivity index (χ1v) is 6.26. The number of amides is 1. The first-order valence-electron chi connectivity index (χ1n) is 6.26. The average Bonchev–Trinajstić information content (AvgIpc) is 2.15. The van der Waals surface area contributed by atoms with Crippen molar-refractivity contribution in [2.24, 2.45) is 0 Å². The number of aryl methyl sites for hydroxylation is 1. The molecule has 0 atom stereocenters. The zero-order valence-corrected chi connectivity index (χ0v) is 11.4. The van der Waals surface area contributed by atoms with Gasteiger partial charge in [-0.15, -0.1) is 0 Å². The molecule has 2 heterocycles. The van der Waals surface area contributed by atoms with Crippen LogP contribution in [0.5, 0.6) is 0 Å². The van der Waals surface area contributed by atoms with E-state index in [9.17, 15) is 4.79 Å². The summed E-state index contributed by atoms with van der Waals surface area (Å²) in [5, 5.41) is 0. The summed E-state index contributed by atoms with van der Waals surface area (Å²) in [6.07, 6.45) is 1.57. The topological polar surface area (TPSA) is 42.4 Å². The van der Waals surface area contributed by atoms with E-state index in [1.807, 2.05) is 26.8 Å². The van der Waals surface area contributed by atoms with Gasteiger partial charge in [-0.05, 0) is 39.3 Å². The van der Waals surface area contributed by atoms with Crippen molar-refractivity contribution in [1.29, 1.82) is 0 Å². The summed E-state index contributed by atoms with van der Waals surface area (Å²) in [5.41, 5.74) is 1.85. The summed E-state index contributed by atoms with van der Waals surface area (Å²) in [5.74, 6) is 0.346. The number of hydrogen-bond donors (Lipinski definition) is 0. The number of nitrogens with zero attached hydrogens (tertiary/aromatic N) is 2. The predicted octanol–water partition coefficient (Wildman–Crippen LogP) is 2.72. The fraction of sp³-hybridized carbons (Fsp3) is 0.571. The molecule has 4 nitrogen and oxygen atoms in total. The molecule has 0 unspecified atom stereocenters. The standard InChI is InChI=1S/C14H20N2O2/c1-10-6-5-7-15-12(10)11-8-16(9-11)13(17)18-14(2,3)4/h5-7,11H,8-9H2,1-4H3. The molecule has 0 aromatic carbocycles. The molecular formula is C14H20N2O2. The second-order valence-corrected chi connectivity index (χ2v) is 5.79. The summed E-state index contributed by atoms with van der Waals surface area (Å²) in [7, 11) is 0. The number of ether oxygens (including phenoxy) is 1. The number of carbonyl (C=O) groups is 1. The highest BCUT2D eigenvalue weighted by Crippen LogP contribution is 2.28. The largest absolute Gasteiger partial charge is 0.444 e. The van der Waals surface area contributed by atoms with Crippen molar-refractivity contribution in [2.45, 2.75) is 39.2 Å². The molecule has 0 N–H and O–H groups in total. The lowest BCUT2D eigenvalue weighted by Crippen LogP contribution is -2.50. The highest BCUT2D eigenvalue weighted by molar-refractivity contribution is 5.69. The van der Waals surface area contributed by atoms with Crippen LogP contribution >= 0.6 is 0 Å². The summed E-state index contributed by atoms with van der Waals surface area (Å²) < 4.78 is 5.32. The van der Waals surface area contributed by atoms with Crippen LogP contribution in [0.3, 0.4) is 0 Å². The first-order chi connectivity index (χ1) is 8.37. The number of pyridine rings is 1. The molecule has 1 aromatic heterocycles. The van der Waals surface area contributed by atoms with Crippen molar-refractivity contribution in [3.8, 4) is 0 Å². The van der Waals surface area contributed by atoms with Gasteiger partial charge in [-0.2, -0.15) is 0 Å². The van der Waals surface area contributed by atoms with Gasteiger partial charge >= 0.3 is 6.09 Å². The van der Waals surface area contributed by atoms with Crippen LogP contribution < -0.4 is 0 Å². The summed E-state index contributed by atoms with van der Waals surface area (Å²) in [6.45, 7) is 9.10. The fourth-order valence-corrected chi connectivity index (χ4v) is 2.05. The van der Waals surface area contributed by atoms with E-state index in [-0.39, 0.29) is 6.09 Å². The Morgan fingerprint density at radius 1 is 1.44 bits per heavy atom. The van der Waals surface area contributed by atoms with E-state index in [0.29, 0.717) is 19.0 Å². The molecule has 0 radical (unpaired) electrons. The second-order valence-electron chi connectivity index (χ2n) is 5.79.